The Hall–Kier alpha value is -2.74. The number of aryl methyl sites for hydroxylation is 1. The van der Waals surface area contributed by atoms with Crippen molar-refractivity contribution in [1.29, 1.82) is 0 Å². The second kappa shape index (κ2) is 8.80. The molecule has 0 saturated heterocycles. The van der Waals surface area contributed by atoms with E-state index in [0.717, 1.165) is 32.5 Å². The van der Waals surface area contributed by atoms with Crippen molar-refractivity contribution >= 4 is 50.1 Å². The number of ether oxygens (including phenoxy) is 1. The van der Waals surface area contributed by atoms with E-state index >= 15 is 0 Å². The number of aromatic nitrogens is 5. The molecule has 5 rings (SSSR count). The fraction of sp³-hybridized carbons (Fsp3) is 0.500. The number of rotatable bonds is 5. The van der Waals surface area contributed by atoms with Crippen molar-refractivity contribution in [3.8, 4) is 0 Å². The zero-order valence-corrected chi connectivity index (χ0v) is 19.9. The molecule has 1 atom stereocenters. The largest absolute Gasteiger partial charge is 0.467 e. The minimum atomic E-state index is -4.56. The van der Waals surface area contributed by atoms with Crippen LogP contribution in [0.4, 0.5) is 19.0 Å². The summed E-state index contributed by atoms with van der Waals surface area (Å²) in [5.41, 5.74) is 0. The smallest absolute Gasteiger partial charge is 0.451 e. The van der Waals surface area contributed by atoms with E-state index in [1.54, 1.807) is 11.3 Å². The van der Waals surface area contributed by atoms with Crippen molar-refractivity contribution in [3.05, 3.63) is 28.4 Å². The zero-order chi connectivity index (χ0) is 24.0. The maximum Gasteiger partial charge on any atom is 0.451 e. The number of nitrogens with zero attached hydrogens (tertiary/aromatic N) is 7. The van der Waals surface area contributed by atoms with Crippen molar-refractivity contribution < 1.29 is 22.7 Å². The minimum Gasteiger partial charge on any atom is -0.467 e. The molecule has 2 aliphatic rings. The number of thiophene rings is 1. The predicted molar refractivity (Wildman–Crippen MR) is 122 cm³/mol. The van der Waals surface area contributed by atoms with Crippen molar-refractivity contribution in [2.24, 2.45) is 4.99 Å². The van der Waals surface area contributed by atoms with Crippen LogP contribution in [0.15, 0.2) is 11.1 Å². The number of aliphatic imine (C=N–C) groups is 1. The molecule has 0 radical (unpaired) electrons. The van der Waals surface area contributed by atoms with E-state index in [4.69, 9.17) is 14.7 Å². The van der Waals surface area contributed by atoms with Crippen LogP contribution < -0.4 is 4.90 Å². The van der Waals surface area contributed by atoms with E-state index in [1.165, 1.54) is 18.9 Å². The third kappa shape index (κ3) is 4.13. The van der Waals surface area contributed by atoms with Gasteiger partial charge in [-0.1, -0.05) is 13.3 Å². The molecule has 0 amide bonds. The van der Waals surface area contributed by atoms with Gasteiger partial charge in [-0.2, -0.15) is 13.2 Å². The molecule has 5 heterocycles. The Bertz CT molecular complexity index is 1290. The highest BCUT2D eigenvalue weighted by atomic mass is 32.2. The van der Waals surface area contributed by atoms with E-state index in [-0.39, 0.29) is 18.9 Å². The molecule has 0 aromatic carbocycles. The van der Waals surface area contributed by atoms with Gasteiger partial charge in [-0.15, -0.1) is 33.3 Å². The second-order valence-corrected chi connectivity index (χ2v) is 9.97. The maximum absolute atomic E-state index is 13.2. The number of anilines is 1. The van der Waals surface area contributed by atoms with E-state index in [2.05, 4.69) is 22.1 Å². The number of carbonyl (C=O) groups is 1. The molecule has 14 heteroatoms. The topological polar surface area (TPSA) is 98.4 Å². The number of hydrogen-bond acceptors (Lipinski definition) is 10. The first-order valence-corrected chi connectivity index (χ1v) is 12.4. The van der Waals surface area contributed by atoms with E-state index in [9.17, 15) is 18.0 Å². The highest BCUT2D eigenvalue weighted by Crippen LogP contribution is 2.36. The lowest BCUT2D eigenvalue weighted by molar-refractivity contribution is -0.147. The average molecular weight is 512 g/mol. The molecule has 9 nitrogen and oxygen atoms in total. The summed E-state index contributed by atoms with van der Waals surface area (Å²) < 4.78 is 45.7. The zero-order valence-electron chi connectivity index (χ0n) is 18.3. The van der Waals surface area contributed by atoms with Crippen LogP contribution in [0, 0.1) is 0 Å². The van der Waals surface area contributed by atoms with Crippen molar-refractivity contribution in [3.63, 3.8) is 0 Å². The van der Waals surface area contributed by atoms with Crippen LogP contribution in [-0.4, -0.2) is 61.2 Å². The molecular weight excluding hydrogens is 491 g/mol. The molecule has 0 bridgehead atoms. The van der Waals surface area contributed by atoms with E-state index in [1.807, 2.05) is 11.0 Å². The summed E-state index contributed by atoms with van der Waals surface area (Å²) in [6.07, 6.45) is -2.70. The summed E-state index contributed by atoms with van der Waals surface area (Å²) in [4.78, 5) is 29.6. The second-order valence-electron chi connectivity index (χ2n) is 7.85. The Morgan fingerprint density at radius 1 is 1.26 bits per heavy atom. The molecule has 0 aliphatic carbocycles. The summed E-state index contributed by atoms with van der Waals surface area (Å²) >= 11 is 2.94. The molecule has 2 aliphatic heterocycles. The Morgan fingerprint density at radius 2 is 2.09 bits per heavy atom. The molecule has 0 spiro atoms. The summed E-state index contributed by atoms with van der Waals surface area (Å²) in [7, 11) is 1.32. The third-order valence-electron chi connectivity index (χ3n) is 5.54. The minimum absolute atomic E-state index is 0.0874. The van der Waals surface area contributed by atoms with Crippen LogP contribution in [0.3, 0.4) is 0 Å². The molecule has 3 aromatic rings. The number of thioether (sulfide) groups is 1. The lowest BCUT2D eigenvalue weighted by Gasteiger charge is -2.29. The number of methoxy groups -OCH3 is 1. The quantitative estimate of drug-likeness (QED) is 0.482. The van der Waals surface area contributed by atoms with Gasteiger partial charge in [0.1, 0.15) is 15.7 Å². The molecule has 1 unspecified atom stereocenters. The Balaban J connectivity index is 1.55. The predicted octanol–water partition coefficient (Wildman–Crippen LogP) is 3.31. The van der Waals surface area contributed by atoms with Crippen LogP contribution in [-0.2, 0) is 35.2 Å². The van der Waals surface area contributed by atoms with Gasteiger partial charge in [-0.3, -0.25) is 4.99 Å². The van der Waals surface area contributed by atoms with Crippen molar-refractivity contribution in [2.45, 2.75) is 45.1 Å². The first-order chi connectivity index (χ1) is 16.3. The van der Waals surface area contributed by atoms with Crippen LogP contribution >= 0.6 is 23.1 Å². The first-order valence-electron chi connectivity index (χ1n) is 10.6. The number of carbonyl (C=O) groups excluding carboxylic acids is 1. The van der Waals surface area contributed by atoms with Crippen LogP contribution in [0.1, 0.15) is 35.7 Å². The molecule has 180 valence electrons. The van der Waals surface area contributed by atoms with Gasteiger partial charge in [-0.25, -0.2) is 14.8 Å². The number of alkyl halides is 3. The number of halogens is 3. The highest BCUT2D eigenvalue weighted by molar-refractivity contribution is 8.14. The Morgan fingerprint density at radius 3 is 2.82 bits per heavy atom. The van der Waals surface area contributed by atoms with Crippen molar-refractivity contribution in [2.75, 3.05) is 24.3 Å². The normalized spacial score (nSPS) is 18.3. The average Bonchev–Trinajstić information content (AvgIpc) is 3.54. The summed E-state index contributed by atoms with van der Waals surface area (Å²) in [5.74, 6) is 0.285. The molecule has 0 fully saturated rings. The van der Waals surface area contributed by atoms with Crippen LogP contribution in [0.2, 0.25) is 0 Å². The number of fused-ring (bicyclic) bond motifs is 2. The van der Waals surface area contributed by atoms with Gasteiger partial charge < -0.3 is 14.2 Å². The third-order valence-corrected chi connectivity index (χ3v) is 7.67. The molecule has 3 aromatic heterocycles. The lowest BCUT2D eigenvalue weighted by atomic mass is 10.2. The van der Waals surface area contributed by atoms with E-state index in [0.29, 0.717) is 29.0 Å². The summed E-state index contributed by atoms with van der Waals surface area (Å²) in [6, 6.07) is 1.44. The van der Waals surface area contributed by atoms with Crippen LogP contribution in [0.25, 0.3) is 10.2 Å². The molecule has 34 heavy (non-hydrogen) atoms. The van der Waals surface area contributed by atoms with Gasteiger partial charge in [0.05, 0.1) is 19.0 Å². The van der Waals surface area contributed by atoms with Gasteiger partial charge in [0.25, 0.3) is 0 Å². The van der Waals surface area contributed by atoms with Crippen molar-refractivity contribution in [1.82, 2.24) is 24.7 Å². The molecule has 0 N–H and O–H groups in total. The van der Waals surface area contributed by atoms with Gasteiger partial charge in [0, 0.05) is 23.7 Å². The van der Waals surface area contributed by atoms with E-state index < -0.39 is 24.0 Å². The highest BCUT2D eigenvalue weighted by Gasteiger charge is 2.40. The SMILES string of the molecule is CCCc1cc2c(N3CCn4c(nnc4C(F)(F)F)C3)nc(C3=NC(C(=O)OC)CS3)nc2s1. The van der Waals surface area contributed by atoms with Gasteiger partial charge in [0.15, 0.2) is 17.7 Å². The molecule has 0 saturated carbocycles. The van der Waals surface area contributed by atoms with Crippen LogP contribution in [0.5, 0.6) is 0 Å². The fourth-order valence-electron chi connectivity index (χ4n) is 3.96. The number of hydrogen-bond donors (Lipinski definition) is 0. The Labute approximate surface area is 200 Å². The van der Waals surface area contributed by atoms with Gasteiger partial charge in [-0.05, 0) is 12.5 Å². The monoisotopic (exact) mass is 511 g/mol. The molecular formula is C20H20F3N7O2S2. The maximum atomic E-state index is 13.2. The van der Waals surface area contributed by atoms with Gasteiger partial charge in [0.2, 0.25) is 5.82 Å². The standard InChI is InChI=1S/C20H20F3N7O2S2/c1-3-4-10-7-11-15(29-5-6-30-13(8-29)27-28-19(30)20(21,22)23)25-14(26-16(11)34-10)17-24-12(9-33-17)18(31)32-2/h7,12H,3-6,8-9H2,1-2H3. The summed E-state index contributed by atoms with van der Waals surface area (Å²) in [5, 5.41) is 8.54. The lowest BCUT2D eigenvalue weighted by Crippen LogP contribution is -2.36. The van der Waals surface area contributed by atoms with Gasteiger partial charge >= 0.3 is 12.1 Å². The first kappa shape index (κ1) is 23.0. The fourth-order valence-corrected chi connectivity index (χ4v) is 6.04. The Kier molecular flexibility index (Phi) is 5.96. The number of esters is 1. The summed E-state index contributed by atoms with van der Waals surface area (Å²) in [6.45, 7) is 2.63.